The van der Waals surface area contributed by atoms with E-state index in [1.807, 2.05) is 66.7 Å². The summed E-state index contributed by atoms with van der Waals surface area (Å²) in [6.07, 6.45) is 0.519. The van der Waals surface area contributed by atoms with Crippen molar-refractivity contribution < 1.29 is 53.8 Å². The SMILES string of the molecule is CCCCCC1CCCC(c2ccc(C(=O)Nc3ccc(-c4cc5c6c(c7c(c5cc4OC)OC(c4ccccc4)(c4ccc(N5CCCCC5)cc4)C=C7)C(C)(C)c4c-6cc(C(F)(F)F)cc4C(F)(F)F)c(C(F)(F)F)c3)cc2)C1. The molecule has 3 unspecified atom stereocenters. The van der Waals surface area contributed by atoms with Crippen LogP contribution in [0.2, 0.25) is 0 Å². The first-order valence-electron chi connectivity index (χ1n) is 28.1. The van der Waals surface area contributed by atoms with E-state index in [1.54, 1.807) is 24.3 Å². The third-order valence-electron chi connectivity index (χ3n) is 17.4. The predicted octanol–water partition coefficient (Wildman–Crippen LogP) is 19.3. The van der Waals surface area contributed by atoms with Crippen LogP contribution in [-0.4, -0.2) is 26.1 Å². The molecule has 4 aliphatic rings. The van der Waals surface area contributed by atoms with E-state index < -0.39 is 63.3 Å². The van der Waals surface area contributed by atoms with E-state index in [0.29, 0.717) is 29.0 Å². The highest BCUT2D eigenvalue weighted by atomic mass is 19.4. The lowest BCUT2D eigenvalue weighted by Crippen LogP contribution is -2.35. The molecule has 11 rings (SSSR count). The second-order valence-corrected chi connectivity index (χ2v) is 22.8. The molecule has 3 atom stereocenters. The Morgan fingerprint density at radius 3 is 2.06 bits per heavy atom. The van der Waals surface area contributed by atoms with Crippen molar-refractivity contribution in [3.05, 3.63) is 183 Å². The number of benzene rings is 7. The van der Waals surface area contributed by atoms with Gasteiger partial charge in [0.2, 0.25) is 0 Å². The molecular formula is C67H63F9N2O3. The number of anilines is 2. The second-order valence-electron chi connectivity index (χ2n) is 22.8. The minimum atomic E-state index is -5.25. The highest BCUT2D eigenvalue weighted by Crippen LogP contribution is 2.62. The number of unbranched alkanes of at least 4 members (excludes halogenated alkanes) is 2. The third-order valence-corrected chi connectivity index (χ3v) is 17.4. The van der Waals surface area contributed by atoms with Crippen molar-refractivity contribution in [3.8, 4) is 33.8 Å². The number of nitrogens with one attached hydrogen (secondary N) is 1. The van der Waals surface area contributed by atoms with Crippen LogP contribution in [0.3, 0.4) is 0 Å². The van der Waals surface area contributed by atoms with Crippen LogP contribution in [0.25, 0.3) is 39.1 Å². The molecule has 1 amide bonds. The first-order chi connectivity index (χ1) is 38.6. The van der Waals surface area contributed by atoms with E-state index in [9.17, 15) is 18.0 Å². The Kier molecular flexibility index (Phi) is 14.6. The van der Waals surface area contributed by atoms with E-state index in [4.69, 9.17) is 9.47 Å². The lowest BCUT2D eigenvalue weighted by atomic mass is 9.75. The summed E-state index contributed by atoms with van der Waals surface area (Å²) in [4.78, 5) is 16.1. The summed E-state index contributed by atoms with van der Waals surface area (Å²) in [5, 5.41) is 2.85. The number of hydrogen-bond donors (Lipinski definition) is 1. The Labute approximate surface area is 466 Å². The third kappa shape index (κ3) is 10.3. The average Bonchev–Trinajstić information content (AvgIpc) is 2.52. The number of fused-ring (bicyclic) bond motifs is 8. The molecule has 2 heterocycles. The lowest BCUT2D eigenvalue weighted by molar-refractivity contribution is -0.143. The molecule has 7 aromatic carbocycles. The standard InChI is InChI=1S/C67H63F9N2O3/c1-5-6-9-15-40-16-14-17-43(34-40)41-20-22-42(23-21-41)62(79)77-47-26-29-49(55(37-47)66(71,72)73)51-38-52-53(39-57(51)80-4)61-50(60-58(52)54-35-46(65(68,69)70)36-56(67(74,75)76)59(54)63(60,2)3)30-31-64(81-61,44-18-10-7-11-19-44)45-24-27-48(28-25-45)78-32-12-8-13-33-78/h7,10-11,18-31,35-40,43H,5-6,8-9,12-17,32-34H2,1-4H3,(H,77,79). The highest BCUT2D eigenvalue weighted by Gasteiger charge is 2.51. The molecule has 0 radical (unpaired) electrons. The van der Waals surface area contributed by atoms with Crippen LogP contribution in [0.15, 0.2) is 127 Å². The fourth-order valence-corrected chi connectivity index (χ4v) is 13.5. The maximum Gasteiger partial charge on any atom is 0.417 e. The number of amides is 1. The van der Waals surface area contributed by atoms with Gasteiger partial charge in [-0.05, 0) is 149 Å². The van der Waals surface area contributed by atoms with Crippen LogP contribution in [0.1, 0.15) is 158 Å². The zero-order valence-electron chi connectivity index (χ0n) is 45.6. The summed E-state index contributed by atoms with van der Waals surface area (Å²) in [6, 6.07) is 31.3. The molecule has 0 aromatic heterocycles. The van der Waals surface area contributed by atoms with Gasteiger partial charge in [-0.1, -0.05) is 126 Å². The van der Waals surface area contributed by atoms with E-state index in [-0.39, 0.29) is 67.4 Å². The van der Waals surface area contributed by atoms with E-state index in [0.717, 1.165) is 68.9 Å². The molecule has 81 heavy (non-hydrogen) atoms. The lowest BCUT2D eigenvalue weighted by Gasteiger charge is -2.39. The van der Waals surface area contributed by atoms with Gasteiger partial charge in [0.25, 0.3) is 5.91 Å². The summed E-state index contributed by atoms with van der Waals surface area (Å²) in [6.45, 7) is 7.00. The largest absolute Gasteiger partial charge is 0.496 e. The number of methoxy groups -OCH3 is 1. The first kappa shape index (κ1) is 55.7. The van der Waals surface area contributed by atoms with Gasteiger partial charge in [-0.25, -0.2) is 0 Å². The Balaban J connectivity index is 1.06. The molecular weight excluding hydrogens is 1050 g/mol. The molecule has 14 heteroatoms. The topological polar surface area (TPSA) is 50.8 Å². The highest BCUT2D eigenvalue weighted by molar-refractivity contribution is 6.11. The summed E-state index contributed by atoms with van der Waals surface area (Å²) in [7, 11) is 1.26. The fraction of sp³-hybridized carbons (Fsp3) is 0.358. The van der Waals surface area contributed by atoms with Crippen molar-refractivity contribution >= 4 is 34.1 Å². The van der Waals surface area contributed by atoms with Crippen molar-refractivity contribution in [2.75, 3.05) is 30.4 Å². The second kappa shape index (κ2) is 21.3. The number of ether oxygens (including phenoxy) is 2. The van der Waals surface area contributed by atoms with Crippen molar-refractivity contribution in [1.82, 2.24) is 0 Å². The van der Waals surface area contributed by atoms with Gasteiger partial charge in [0.05, 0.1) is 23.8 Å². The molecule has 1 N–H and O–H groups in total. The van der Waals surface area contributed by atoms with Gasteiger partial charge in [0, 0.05) is 63.1 Å². The molecule has 5 nitrogen and oxygen atoms in total. The van der Waals surface area contributed by atoms with Gasteiger partial charge >= 0.3 is 18.5 Å². The number of piperidine rings is 1. The van der Waals surface area contributed by atoms with E-state index in [1.165, 1.54) is 77.3 Å². The summed E-state index contributed by atoms with van der Waals surface area (Å²) >= 11 is 0. The van der Waals surface area contributed by atoms with Crippen molar-refractivity contribution in [2.24, 2.45) is 5.92 Å². The van der Waals surface area contributed by atoms with Gasteiger partial charge in [-0.2, -0.15) is 39.5 Å². The van der Waals surface area contributed by atoms with Crippen LogP contribution in [0.4, 0.5) is 50.9 Å². The minimum absolute atomic E-state index is 0.0191. The zero-order valence-corrected chi connectivity index (χ0v) is 45.6. The van der Waals surface area contributed by atoms with Crippen LogP contribution in [-0.2, 0) is 29.5 Å². The number of nitrogens with zero attached hydrogens (tertiary/aromatic N) is 1. The fourth-order valence-electron chi connectivity index (χ4n) is 13.5. The normalized spacial score (nSPS) is 19.6. The predicted molar refractivity (Wildman–Crippen MR) is 301 cm³/mol. The number of hydrogen-bond acceptors (Lipinski definition) is 4. The molecule has 1 saturated carbocycles. The van der Waals surface area contributed by atoms with Crippen molar-refractivity contribution in [2.45, 2.75) is 127 Å². The van der Waals surface area contributed by atoms with Gasteiger partial charge < -0.3 is 19.7 Å². The van der Waals surface area contributed by atoms with Crippen LogP contribution < -0.4 is 19.7 Å². The zero-order chi connectivity index (χ0) is 57.2. The number of alkyl halides is 9. The average molecular weight is 1120 g/mol. The maximum absolute atomic E-state index is 15.7. The molecule has 0 bridgehead atoms. The van der Waals surface area contributed by atoms with Crippen molar-refractivity contribution in [1.29, 1.82) is 0 Å². The number of rotatable bonds is 12. The van der Waals surface area contributed by atoms with Crippen LogP contribution >= 0.6 is 0 Å². The summed E-state index contributed by atoms with van der Waals surface area (Å²) in [5.74, 6) is 0.431. The number of halogens is 9. The summed E-state index contributed by atoms with van der Waals surface area (Å²) in [5.41, 5.74) is -4.54. The number of carbonyl (C=O) groups is 1. The van der Waals surface area contributed by atoms with Crippen LogP contribution in [0.5, 0.6) is 11.5 Å². The molecule has 422 valence electrons. The van der Waals surface area contributed by atoms with E-state index in [2.05, 4.69) is 17.1 Å². The molecule has 7 aromatic rings. The Bertz CT molecular complexity index is 3540. The Hall–Kier alpha value is -7.22. The molecule has 2 aliphatic heterocycles. The Morgan fingerprint density at radius 2 is 1.40 bits per heavy atom. The smallest absolute Gasteiger partial charge is 0.417 e. The minimum Gasteiger partial charge on any atom is -0.496 e. The summed E-state index contributed by atoms with van der Waals surface area (Å²) < 4.78 is 151. The van der Waals surface area contributed by atoms with Crippen molar-refractivity contribution in [3.63, 3.8) is 0 Å². The van der Waals surface area contributed by atoms with Gasteiger partial charge in [-0.15, -0.1) is 0 Å². The maximum atomic E-state index is 15.7. The molecule has 2 fully saturated rings. The number of carbonyl (C=O) groups excluding carboxylic acids is 1. The Morgan fingerprint density at radius 1 is 0.691 bits per heavy atom. The first-order valence-corrected chi connectivity index (χ1v) is 28.1. The van der Waals surface area contributed by atoms with E-state index >= 15 is 26.3 Å². The molecule has 1 saturated heterocycles. The van der Waals surface area contributed by atoms with Gasteiger partial charge in [-0.3, -0.25) is 4.79 Å². The quantitative estimate of drug-likeness (QED) is 0.0978. The van der Waals surface area contributed by atoms with Gasteiger partial charge in [0.15, 0.2) is 5.60 Å². The van der Waals surface area contributed by atoms with Crippen LogP contribution in [0, 0.1) is 5.92 Å². The molecule has 2 aliphatic carbocycles. The molecule has 0 spiro atoms. The monoisotopic (exact) mass is 1110 g/mol. The van der Waals surface area contributed by atoms with Gasteiger partial charge in [0.1, 0.15) is 11.5 Å².